The van der Waals surface area contributed by atoms with Crippen LogP contribution >= 0.6 is 0 Å². The Hall–Kier alpha value is -0.0400. The second-order valence-corrected chi connectivity index (χ2v) is 5.31. The minimum Gasteiger partial charge on any atom is -0.314 e. The highest BCUT2D eigenvalue weighted by molar-refractivity contribution is 4.77. The fraction of sp³-hybridized carbons (Fsp3) is 1.00. The SMILES string of the molecule is CCCC1CCC(NCC(C)C)CC1. The maximum absolute atomic E-state index is 3.68. The average molecular weight is 197 g/mol. The van der Waals surface area contributed by atoms with E-state index in [1.165, 1.54) is 45.1 Å². The Bertz CT molecular complexity index is 134. The zero-order chi connectivity index (χ0) is 10.4. The van der Waals surface area contributed by atoms with E-state index < -0.39 is 0 Å². The molecule has 0 amide bonds. The van der Waals surface area contributed by atoms with Gasteiger partial charge < -0.3 is 5.32 Å². The third-order valence-electron chi connectivity index (χ3n) is 3.36. The van der Waals surface area contributed by atoms with Crippen LogP contribution in [0.15, 0.2) is 0 Å². The van der Waals surface area contributed by atoms with E-state index in [1.807, 2.05) is 0 Å². The van der Waals surface area contributed by atoms with Gasteiger partial charge in [0, 0.05) is 6.04 Å². The molecule has 1 rings (SSSR count). The summed E-state index contributed by atoms with van der Waals surface area (Å²) in [5.41, 5.74) is 0. The van der Waals surface area contributed by atoms with Gasteiger partial charge >= 0.3 is 0 Å². The lowest BCUT2D eigenvalue weighted by Crippen LogP contribution is -2.35. The van der Waals surface area contributed by atoms with Crippen LogP contribution in [0.5, 0.6) is 0 Å². The Morgan fingerprint density at radius 1 is 1.14 bits per heavy atom. The Morgan fingerprint density at radius 2 is 1.79 bits per heavy atom. The Balaban J connectivity index is 2.09. The van der Waals surface area contributed by atoms with Crippen molar-refractivity contribution in [2.24, 2.45) is 11.8 Å². The summed E-state index contributed by atoms with van der Waals surface area (Å²) in [6.45, 7) is 8.08. The second kappa shape index (κ2) is 6.44. The minimum absolute atomic E-state index is 0.795. The van der Waals surface area contributed by atoms with Gasteiger partial charge in [-0.1, -0.05) is 33.6 Å². The highest BCUT2D eigenvalue weighted by Crippen LogP contribution is 2.27. The largest absolute Gasteiger partial charge is 0.314 e. The molecule has 0 aromatic rings. The van der Waals surface area contributed by atoms with Gasteiger partial charge in [0.05, 0.1) is 0 Å². The predicted molar refractivity (Wildman–Crippen MR) is 63.5 cm³/mol. The summed E-state index contributed by atoms with van der Waals surface area (Å²) in [6.07, 6.45) is 8.58. The van der Waals surface area contributed by atoms with Gasteiger partial charge in [0.25, 0.3) is 0 Å². The van der Waals surface area contributed by atoms with E-state index in [0.29, 0.717) is 0 Å². The molecule has 0 aromatic heterocycles. The van der Waals surface area contributed by atoms with Crippen LogP contribution in [0.25, 0.3) is 0 Å². The maximum Gasteiger partial charge on any atom is 0.00673 e. The van der Waals surface area contributed by atoms with Crippen molar-refractivity contribution in [2.45, 2.75) is 65.3 Å². The molecular formula is C13H27N. The standard InChI is InChI=1S/C13H27N/c1-4-5-12-6-8-13(9-7-12)14-10-11(2)3/h11-14H,4-10H2,1-3H3. The van der Waals surface area contributed by atoms with Crippen molar-refractivity contribution in [2.75, 3.05) is 6.54 Å². The van der Waals surface area contributed by atoms with E-state index in [4.69, 9.17) is 0 Å². The van der Waals surface area contributed by atoms with E-state index in [2.05, 4.69) is 26.1 Å². The summed E-state index contributed by atoms with van der Waals surface area (Å²) in [6, 6.07) is 0.825. The monoisotopic (exact) mass is 197 g/mol. The molecule has 0 saturated heterocycles. The zero-order valence-electron chi connectivity index (χ0n) is 10.2. The van der Waals surface area contributed by atoms with Crippen molar-refractivity contribution in [1.29, 1.82) is 0 Å². The van der Waals surface area contributed by atoms with Crippen LogP contribution in [-0.2, 0) is 0 Å². The average Bonchev–Trinajstić information content (AvgIpc) is 2.17. The third kappa shape index (κ3) is 4.45. The molecule has 1 nitrogen and oxygen atoms in total. The van der Waals surface area contributed by atoms with E-state index in [0.717, 1.165) is 17.9 Å². The summed E-state index contributed by atoms with van der Waals surface area (Å²) in [4.78, 5) is 0. The molecular weight excluding hydrogens is 170 g/mol. The molecule has 1 aliphatic carbocycles. The van der Waals surface area contributed by atoms with Crippen LogP contribution in [-0.4, -0.2) is 12.6 Å². The molecule has 0 unspecified atom stereocenters. The third-order valence-corrected chi connectivity index (χ3v) is 3.36. The topological polar surface area (TPSA) is 12.0 Å². The summed E-state index contributed by atoms with van der Waals surface area (Å²) in [5, 5.41) is 3.68. The van der Waals surface area contributed by atoms with Crippen LogP contribution in [0.4, 0.5) is 0 Å². The molecule has 0 bridgehead atoms. The van der Waals surface area contributed by atoms with Gasteiger partial charge in [-0.15, -0.1) is 0 Å². The summed E-state index contributed by atoms with van der Waals surface area (Å²) < 4.78 is 0. The number of hydrogen-bond acceptors (Lipinski definition) is 1. The normalized spacial score (nSPS) is 28.3. The van der Waals surface area contributed by atoms with Crippen molar-refractivity contribution >= 4 is 0 Å². The highest BCUT2D eigenvalue weighted by Gasteiger charge is 2.19. The summed E-state index contributed by atoms with van der Waals surface area (Å²) in [7, 11) is 0. The fourth-order valence-electron chi connectivity index (χ4n) is 2.47. The van der Waals surface area contributed by atoms with E-state index in [1.54, 1.807) is 0 Å². The molecule has 0 atom stereocenters. The molecule has 1 fully saturated rings. The first-order valence-electron chi connectivity index (χ1n) is 6.45. The minimum atomic E-state index is 0.795. The predicted octanol–water partition coefficient (Wildman–Crippen LogP) is 3.59. The van der Waals surface area contributed by atoms with Gasteiger partial charge in [0.2, 0.25) is 0 Å². The van der Waals surface area contributed by atoms with Crippen molar-refractivity contribution in [3.63, 3.8) is 0 Å². The maximum atomic E-state index is 3.68. The van der Waals surface area contributed by atoms with Crippen LogP contribution in [0.2, 0.25) is 0 Å². The van der Waals surface area contributed by atoms with Gasteiger partial charge in [-0.05, 0) is 44.1 Å². The van der Waals surface area contributed by atoms with E-state index in [-0.39, 0.29) is 0 Å². The molecule has 0 aromatic carbocycles. The van der Waals surface area contributed by atoms with Crippen molar-refractivity contribution < 1.29 is 0 Å². The molecule has 1 heteroatoms. The molecule has 0 heterocycles. The Kier molecular flexibility index (Phi) is 5.54. The van der Waals surface area contributed by atoms with Crippen LogP contribution in [0, 0.1) is 11.8 Å². The lowest BCUT2D eigenvalue weighted by Gasteiger charge is -2.29. The van der Waals surface area contributed by atoms with Gasteiger partial charge in [-0.25, -0.2) is 0 Å². The first-order valence-corrected chi connectivity index (χ1v) is 6.45. The molecule has 1 aliphatic rings. The van der Waals surface area contributed by atoms with Crippen LogP contribution in [0.3, 0.4) is 0 Å². The molecule has 1 saturated carbocycles. The van der Waals surface area contributed by atoms with E-state index in [9.17, 15) is 0 Å². The fourth-order valence-corrected chi connectivity index (χ4v) is 2.47. The second-order valence-electron chi connectivity index (χ2n) is 5.31. The van der Waals surface area contributed by atoms with Gasteiger partial charge in [0.1, 0.15) is 0 Å². The van der Waals surface area contributed by atoms with Gasteiger partial charge in [-0.2, -0.15) is 0 Å². The Labute approximate surface area is 89.7 Å². The number of rotatable bonds is 5. The molecule has 0 aliphatic heterocycles. The van der Waals surface area contributed by atoms with Gasteiger partial charge in [-0.3, -0.25) is 0 Å². The van der Waals surface area contributed by atoms with E-state index >= 15 is 0 Å². The number of hydrogen-bond donors (Lipinski definition) is 1. The van der Waals surface area contributed by atoms with Crippen molar-refractivity contribution in [3.05, 3.63) is 0 Å². The molecule has 1 N–H and O–H groups in total. The lowest BCUT2D eigenvalue weighted by molar-refractivity contribution is 0.273. The molecule has 0 radical (unpaired) electrons. The zero-order valence-corrected chi connectivity index (χ0v) is 10.2. The molecule has 14 heavy (non-hydrogen) atoms. The van der Waals surface area contributed by atoms with Gasteiger partial charge in [0.15, 0.2) is 0 Å². The summed E-state index contributed by atoms with van der Waals surface area (Å²) >= 11 is 0. The highest BCUT2D eigenvalue weighted by atomic mass is 14.9. The molecule has 0 spiro atoms. The molecule has 84 valence electrons. The van der Waals surface area contributed by atoms with Crippen LogP contribution in [0.1, 0.15) is 59.3 Å². The van der Waals surface area contributed by atoms with Crippen molar-refractivity contribution in [1.82, 2.24) is 5.32 Å². The quantitative estimate of drug-likeness (QED) is 0.710. The smallest absolute Gasteiger partial charge is 0.00673 e. The first-order chi connectivity index (χ1) is 6.72. The summed E-state index contributed by atoms with van der Waals surface area (Å²) in [5.74, 6) is 1.83. The Morgan fingerprint density at radius 3 is 2.29 bits per heavy atom. The van der Waals surface area contributed by atoms with Crippen molar-refractivity contribution in [3.8, 4) is 0 Å². The number of nitrogens with one attached hydrogen (secondary N) is 1. The lowest BCUT2D eigenvalue weighted by atomic mass is 9.83. The first kappa shape index (κ1) is 12.0. The van der Waals surface area contributed by atoms with Crippen LogP contribution < -0.4 is 5.32 Å².